The first-order chi connectivity index (χ1) is 7.35. The van der Waals surface area contributed by atoms with Gasteiger partial charge in [0.2, 0.25) is 0 Å². The minimum Gasteiger partial charge on any atom is -0.495 e. The van der Waals surface area contributed by atoms with Gasteiger partial charge in [-0.1, -0.05) is 6.07 Å². The van der Waals surface area contributed by atoms with E-state index in [2.05, 4.69) is 16.9 Å². The van der Waals surface area contributed by atoms with Crippen molar-refractivity contribution in [3.63, 3.8) is 0 Å². The Morgan fingerprint density at radius 2 is 2.20 bits per heavy atom. The number of hydrazine groups is 1. The van der Waals surface area contributed by atoms with Crippen molar-refractivity contribution in [2.45, 2.75) is 0 Å². The Morgan fingerprint density at radius 1 is 1.33 bits per heavy atom. The van der Waals surface area contributed by atoms with Crippen LogP contribution in [-0.4, -0.2) is 7.11 Å². The molecule has 0 aliphatic rings. The zero-order valence-electron chi connectivity index (χ0n) is 8.36. The second-order valence-corrected chi connectivity index (χ2v) is 3.98. The van der Waals surface area contributed by atoms with Gasteiger partial charge in [0.25, 0.3) is 0 Å². The Morgan fingerprint density at radius 3 is 2.80 bits per heavy atom. The standard InChI is InChI=1S/C11H12N2OS/c1-14-10-5-4-8(7-9(10)13-12)11-3-2-6-15-11/h2-7,13H,12H2,1H3. The fourth-order valence-corrected chi connectivity index (χ4v) is 2.14. The highest BCUT2D eigenvalue weighted by Gasteiger charge is 2.04. The van der Waals surface area contributed by atoms with Gasteiger partial charge < -0.3 is 10.2 Å². The van der Waals surface area contributed by atoms with E-state index in [-0.39, 0.29) is 0 Å². The van der Waals surface area contributed by atoms with Crippen molar-refractivity contribution < 1.29 is 4.74 Å². The summed E-state index contributed by atoms with van der Waals surface area (Å²) in [4.78, 5) is 1.22. The first-order valence-corrected chi connectivity index (χ1v) is 5.41. The van der Waals surface area contributed by atoms with Gasteiger partial charge in [0.1, 0.15) is 5.75 Å². The van der Waals surface area contributed by atoms with Crippen LogP contribution in [0.1, 0.15) is 0 Å². The first kappa shape index (κ1) is 10.0. The monoisotopic (exact) mass is 220 g/mol. The van der Waals surface area contributed by atoms with Gasteiger partial charge in [0.05, 0.1) is 12.8 Å². The molecule has 0 bridgehead atoms. The van der Waals surface area contributed by atoms with Crippen LogP contribution < -0.4 is 16.0 Å². The second-order valence-electron chi connectivity index (χ2n) is 3.04. The van der Waals surface area contributed by atoms with E-state index in [1.54, 1.807) is 18.4 Å². The van der Waals surface area contributed by atoms with Crippen molar-refractivity contribution in [3.8, 4) is 16.2 Å². The highest BCUT2D eigenvalue weighted by molar-refractivity contribution is 7.13. The zero-order chi connectivity index (χ0) is 10.7. The van der Waals surface area contributed by atoms with Crippen molar-refractivity contribution in [1.82, 2.24) is 0 Å². The number of hydrogen-bond donors (Lipinski definition) is 2. The summed E-state index contributed by atoms with van der Waals surface area (Å²) in [6.07, 6.45) is 0. The summed E-state index contributed by atoms with van der Waals surface area (Å²) in [6.45, 7) is 0. The van der Waals surface area contributed by atoms with Crippen LogP contribution in [0.2, 0.25) is 0 Å². The smallest absolute Gasteiger partial charge is 0.143 e. The number of thiophene rings is 1. The molecule has 0 spiro atoms. The largest absolute Gasteiger partial charge is 0.495 e. The summed E-state index contributed by atoms with van der Waals surface area (Å²) in [5, 5.41) is 2.05. The van der Waals surface area contributed by atoms with Gasteiger partial charge in [-0.3, -0.25) is 5.84 Å². The van der Waals surface area contributed by atoms with E-state index in [0.717, 1.165) is 17.0 Å². The van der Waals surface area contributed by atoms with E-state index in [1.165, 1.54) is 4.88 Å². The van der Waals surface area contributed by atoms with Gasteiger partial charge in [-0.15, -0.1) is 11.3 Å². The molecule has 0 radical (unpaired) electrons. The molecule has 0 unspecified atom stereocenters. The molecule has 0 saturated heterocycles. The van der Waals surface area contributed by atoms with Crippen molar-refractivity contribution in [3.05, 3.63) is 35.7 Å². The molecule has 0 amide bonds. The van der Waals surface area contributed by atoms with Gasteiger partial charge in [0, 0.05) is 4.88 Å². The van der Waals surface area contributed by atoms with Crippen molar-refractivity contribution in [2.75, 3.05) is 12.5 Å². The lowest BCUT2D eigenvalue weighted by atomic mass is 10.1. The number of anilines is 1. The van der Waals surface area contributed by atoms with Gasteiger partial charge in [-0.25, -0.2) is 0 Å². The molecule has 4 heteroatoms. The highest BCUT2D eigenvalue weighted by atomic mass is 32.1. The maximum atomic E-state index is 5.42. The summed E-state index contributed by atoms with van der Waals surface area (Å²) >= 11 is 1.70. The number of methoxy groups -OCH3 is 1. The molecule has 0 fully saturated rings. The average Bonchev–Trinajstić information content (AvgIpc) is 2.81. The van der Waals surface area contributed by atoms with E-state index < -0.39 is 0 Å². The normalized spacial score (nSPS) is 10.0. The van der Waals surface area contributed by atoms with E-state index in [9.17, 15) is 0 Å². The zero-order valence-corrected chi connectivity index (χ0v) is 9.17. The van der Waals surface area contributed by atoms with Crippen molar-refractivity contribution in [2.24, 2.45) is 5.84 Å². The summed E-state index contributed by atoms with van der Waals surface area (Å²) in [5.74, 6) is 6.17. The maximum Gasteiger partial charge on any atom is 0.143 e. The Kier molecular flexibility index (Phi) is 2.89. The third-order valence-corrected chi connectivity index (χ3v) is 3.08. The minimum atomic E-state index is 0.748. The molecule has 1 aromatic heterocycles. The Bertz CT molecular complexity index is 440. The van der Waals surface area contributed by atoms with Gasteiger partial charge in [-0.2, -0.15) is 0 Å². The second kappa shape index (κ2) is 4.33. The molecule has 3 nitrogen and oxygen atoms in total. The maximum absolute atomic E-state index is 5.42. The van der Waals surface area contributed by atoms with Gasteiger partial charge in [0.15, 0.2) is 0 Å². The highest BCUT2D eigenvalue weighted by Crippen LogP contribution is 2.31. The lowest BCUT2D eigenvalue weighted by Crippen LogP contribution is -2.08. The third kappa shape index (κ3) is 1.95. The summed E-state index contributed by atoms with van der Waals surface area (Å²) in [5.41, 5.74) is 4.56. The van der Waals surface area contributed by atoms with Crippen LogP contribution in [0.4, 0.5) is 5.69 Å². The SMILES string of the molecule is COc1ccc(-c2cccs2)cc1NN. The summed E-state index contributed by atoms with van der Waals surface area (Å²) in [6, 6.07) is 10.0. The molecule has 0 atom stereocenters. The molecule has 1 heterocycles. The van der Waals surface area contributed by atoms with E-state index in [4.69, 9.17) is 10.6 Å². The van der Waals surface area contributed by atoms with Gasteiger partial charge >= 0.3 is 0 Å². The Labute approximate surface area is 92.5 Å². The minimum absolute atomic E-state index is 0.748. The first-order valence-electron chi connectivity index (χ1n) is 4.53. The summed E-state index contributed by atoms with van der Waals surface area (Å²) in [7, 11) is 1.63. The molecule has 1 aromatic carbocycles. The van der Waals surface area contributed by atoms with Crippen LogP contribution in [0.25, 0.3) is 10.4 Å². The topological polar surface area (TPSA) is 47.3 Å². The average molecular weight is 220 g/mol. The molecule has 78 valence electrons. The van der Waals surface area contributed by atoms with Crippen LogP contribution in [0.3, 0.4) is 0 Å². The molecular formula is C11H12N2OS. The van der Waals surface area contributed by atoms with E-state index in [1.807, 2.05) is 24.3 Å². The van der Waals surface area contributed by atoms with Gasteiger partial charge in [-0.05, 0) is 35.2 Å². The quantitative estimate of drug-likeness (QED) is 0.617. The number of nitrogen functional groups attached to an aromatic ring is 1. The van der Waals surface area contributed by atoms with Crippen LogP contribution in [0.5, 0.6) is 5.75 Å². The lowest BCUT2D eigenvalue weighted by Gasteiger charge is -2.08. The van der Waals surface area contributed by atoms with Crippen LogP contribution >= 0.6 is 11.3 Å². The Hall–Kier alpha value is -1.52. The molecule has 0 saturated carbocycles. The number of rotatable bonds is 3. The third-order valence-electron chi connectivity index (χ3n) is 2.16. The fourth-order valence-electron chi connectivity index (χ4n) is 1.42. The van der Waals surface area contributed by atoms with Crippen LogP contribution in [0, 0.1) is 0 Å². The predicted molar refractivity (Wildman–Crippen MR) is 64.1 cm³/mol. The van der Waals surface area contributed by atoms with Crippen LogP contribution in [0.15, 0.2) is 35.7 Å². The molecule has 2 rings (SSSR count). The number of ether oxygens (including phenoxy) is 1. The number of benzene rings is 1. The number of nitrogens with two attached hydrogens (primary N) is 1. The lowest BCUT2D eigenvalue weighted by molar-refractivity contribution is 0.416. The predicted octanol–water partition coefficient (Wildman–Crippen LogP) is 2.71. The molecule has 0 aliphatic carbocycles. The number of nitrogens with one attached hydrogen (secondary N) is 1. The fraction of sp³-hybridized carbons (Fsp3) is 0.0909. The molecule has 0 aliphatic heterocycles. The van der Waals surface area contributed by atoms with E-state index in [0.29, 0.717) is 0 Å². The molecular weight excluding hydrogens is 208 g/mol. The summed E-state index contributed by atoms with van der Waals surface area (Å²) < 4.78 is 5.17. The molecule has 3 N–H and O–H groups in total. The molecule has 15 heavy (non-hydrogen) atoms. The van der Waals surface area contributed by atoms with Crippen LogP contribution in [-0.2, 0) is 0 Å². The number of hydrogen-bond acceptors (Lipinski definition) is 4. The molecule has 2 aromatic rings. The van der Waals surface area contributed by atoms with Crippen molar-refractivity contribution in [1.29, 1.82) is 0 Å². The Balaban J connectivity index is 2.43. The van der Waals surface area contributed by atoms with Crippen molar-refractivity contribution >= 4 is 17.0 Å². The van der Waals surface area contributed by atoms with E-state index >= 15 is 0 Å².